The van der Waals surface area contributed by atoms with Gasteiger partial charge < -0.3 is 27.0 Å². The van der Waals surface area contributed by atoms with E-state index in [1.807, 2.05) is 0 Å². The molecule has 7 nitrogen and oxygen atoms in total. The van der Waals surface area contributed by atoms with Crippen molar-refractivity contribution >= 4 is 17.6 Å². The van der Waals surface area contributed by atoms with Gasteiger partial charge in [0.15, 0.2) is 5.96 Å². The van der Waals surface area contributed by atoms with E-state index in [1.54, 1.807) is 18.2 Å². The second kappa shape index (κ2) is 12.3. The van der Waals surface area contributed by atoms with Gasteiger partial charge in [-0.2, -0.15) is 13.2 Å². The molecule has 0 fully saturated rings. The molecule has 7 N–H and O–H groups in total. The molecule has 0 aliphatic carbocycles. The number of ether oxygens (including phenoxy) is 1. The Balaban J connectivity index is 1.86. The molecule has 3 rings (SSSR count). The number of halogens is 4. The normalized spacial score (nSPS) is 13.3. The number of nitrogens with zero attached hydrogens (tertiary/aromatic N) is 1. The van der Waals surface area contributed by atoms with E-state index in [2.05, 4.69) is 11.6 Å². The Morgan fingerprint density at radius 1 is 1.00 bits per heavy atom. The predicted octanol–water partition coefficient (Wildman–Crippen LogP) is 5.42. The standard InChI is InChI=1S/C28H26F4N4O3/c1-16(13-24(36-27(34)35)19-9-7-18(8-10-19)23(33)15-25(37)38)39-26(28(30,31)32)20-11-5-17(6-12-20)21-3-2-4-22(29)14-21/h2-14,23,26H,1,15,33H2,(H,37,38)(H4,34,35,36)/b24-13-. The van der Waals surface area contributed by atoms with Crippen molar-refractivity contribution < 1.29 is 32.2 Å². The molecule has 3 aromatic carbocycles. The largest absolute Gasteiger partial charge is 0.481 e. The molecule has 2 unspecified atom stereocenters. The van der Waals surface area contributed by atoms with Gasteiger partial charge in [0.25, 0.3) is 0 Å². The highest BCUT2D eigenvalue weighted by Crippen LogP contribution is 2.38. The number of allylic oxidation sites excluding steroid dienone is 1. The fraction of sp³-hybridized carbons (Fsp3) is 0.143. The highest BCUT2D eigenvalue weighted by atomic mass is 19.4. The first-order valence-corrected chi connectivity index (χ1v) is 11.5. The third kappa shape index (κ3) is 8.17. The average Bonchev–Trinajstić information content (AvgIpc) is 2.86. The van der Waals surface area contributed by atoms with Crippen molar-refractivity contribution in [1.82, 2.24) is 0 Å². The van der Waals surface area contributed by atoms with Gasteiger partial charge in [0.05, 0.1) is 12.1 Å². The molecular formula is C28H26F4N4O3. The van der Waals surface area contributed by atoms with Gasteiger partial charge in [-0.05, 0) is 28.8 Å². The van der Waals surface area contributed by atoms with Gasteiger partial charge in [0, 0.05) is 23.2 Å². The summed E-state index contributed by atoms with van der Waals surface area (Å²) in [5, 5.41) is 8.92. The lowest BCUT2D eigenvalue weighted by Gasteiger charge is -2.23. The van der Waals surface area contributed by atoms with E-state index in [1.165, 1.54) is 54.6 Å². The number of hydrogen-bond donors (Lipinski definition) is 4. The molecule has 3 aromatic rings. The summed E-state index contributed by atoms with van der Waals surface area (Å²) in [6.07, 6.45) is -6.30. The Labute approximate surface area is 221 Å². The fourth-order valence-electron chi connectivity index (χ4n) is 3.71. The maximum absolute atomic E-state index is 14.0. The van der Waals surface area contributed by atoms with E-state index in [0.717, 1.165) is 6.08 Å². The average molecular weight is 543 g/mol. The Bertz CT molecular complexity index is 1380. The van der Waals surface area contributed by atoms with Crippen LogP contribution >= 0.6 is 0 Å². The van der Waals surface area contributed by atoms with Crippen LogP contribution in [-0.2, 0) is 9.53 Å². The van der Waals surface area contributed by atoms with E-state index >= 15 is 0 Å². The van der Waals surface area contributed by atoms with Crippen LogP contribution in [-0.4, -0.2) is 23.2 Å². The van der Waals surface area contributed by atoms with Crippen LogP contribution in [0.25, 0.3) is 16.8 Å². The smallest absolute Gasteiger partial charge is 0.429 e. The minimum absolute atomic E-state index is 0.0562. The lowest BCUT2D eigenvalue weighted by Crippen LogP contribution is -2.23. The third-order valence-electron chi connectivity index (χ3n) is 5.51. The first-order valence-electron chi connectivity index (χ1n) is 11.5. The molecule has 0 bridgehead atoms. The molecule has 39 heavy (non-hydrogen) atoms. The number of aliphatic carboxylic acids is 1. The number of aliphatic imine (C=N–C) groups is 1. The van der Waals surface area contributed by atoms with E-state index in [-0.39, 0.29) is 29.4 Å². The third-order valence-corrected chi connectivity index (χ3v) is 5.51. The lowest BCUT2D eigenvalue weighted by molar-refractivity contribution is -0.211. The number of carboxylic acid groups (broad SMARTS) is 1. The number of benzene rings is 3. The van der Waals surface area contributed by atoms with Crippen molar-refractivity contribution in [2.24, 2.45) is 22.2 Å². The number of hydrogen-bond acceptors (Lipinski definition) is 4. The van der Waals surface area contributed by atoms with Crippen LogP contribution in [0, 0.1) is 5.82 Å². The molecule has 0 heterocycles. The highest BCUT2D eigenvalue weighted by Gasteiger charge is 2.43. The number of guanidine groups is 1. The summed E-state index contributed by atoms with van der Waals surface area (Å²) in [5.74, 6) is -2.27. The summed E-state index contributed by atoms with van der Waals surface area (Å²) in [7, 11) is 0. The quantitative estimate of drug-likeness (QED) is 0.0888. The molecule has 2 atom stereocenters. The van der Waals surface area contributed by atoms with Crippen molar-refractivity contribution in [1.29, 1.82) is 0 Å². The first kappa shape index (κ1) is 28.9. The summed E-state index contributed by atoms with van der Waals surface area (Å²) in [4.78, 5) is 14.9. The second-order valence-corrected chi connectivity index (χ2v) is 8.53. The summed E-state index contributed by atoms with van der Waals surface area (Å²) in [6, 6.07) is 16.5. The molecule has 0 saturated carbocycles. The molecule has 0 amide bonds. The number of alkyl halides is 3. The zero-order chi connectivity index (χ0) is 28.7. The number of rotatable bonds is 10. The first-order chi connectivity index (χ1) is 18.3. The van der Waals surface area contributed by atoms with Gasteiger partial charge >= 0.3 is 12.1 Å². The summed E-state index contributed by atoms with van der Waals surface area (Å²) in [6.45, 7) is 3.58. The number of nitrogens with two attached hydrogens (primary N) is 3. The molecule has 0 aliphatic rings. The number of carboxylic acids is 1. The lowest BCUT2D eigenvalue weighted by atomic mass is 10.0. The molecule has 0 aromatic heterocycles. The van der Waals surface area contributed by atoms with Crippen molar-refractivity contribution in [3.63, 3.8) is 0 Å². The molecular weight excluding hydrogens is 516 g/mol. The van der Waals surface area contributed by atoms with Crippen LogP contribution in [0.15, 0.2) is 96.2 Å². The van der Waals surface area contributed by atoms with Gasteiger partial charge in [-0.25, -0.2) is 9.38 Å². The van der Waals surface area contributed by atoms with Gasteiger partial charge in [-0.3, -0.25) is 4.79 Å². The molecule has 11 heteroatoms. The van der Waals surface area contributed by atoms with Gasteiger partial charge in [0.1, 0.15) is 11.6 Å². The van der Waals surface area contributed by atoms with Crippen molar-refractivity contribution in [2.75, 3.05) is 0 Å². The minimum Gasteiger partial charge on any atom is -0.481 e. The highest BCUT2D eigenvalue weighted by molar-refractivity contribution is 5.84. The van der Waals surface area contributed by atoms with E-state index < -0.39 is 30.1 Å². The van der Waals surface area contributed by atoms with Crippen LogP contribution in [0.1, 0.15) is 35.3 Å². The minimum atomic E-state index is -4.80. The van der Waals surface area contributed by atoms with Crippen molar-refractivity contribution in [3.05, 3.63) is 114 Å². The number of carbonyl (C=O) groups is 1. The monoisotopic (exact) mass is 542 g/mol. The van der Waals surface area contributed by atoms with Crippen LogP contribution in [0.4, 0.5) is 17.6 Å². The predicted molar refractivity (Wildman–Crippen MR) is 140 cm³/mol. The van der Waals surface area contributed by atoms with Gasteiger partial charge in [-0.15, -0.1) is 0 Å². The summed E-state index contributed by atoms with van der Waals surface area (Å²) >= 11 is 0. The van der Waals surface area contributed by atoms with E-state index in [4.69, 9.17) is 27.0 Å². The van der Waals surface area contributed by atoms with Crippen LogP contribution in [0.3, 0.4) is 0 Å². The zero-order valence-electron chi connectivity index (χ0n) is 20.5. The topological polar surface area (TPSA) is 137 Å². The van der Waals surface area contributed by atoms with Crippen molar-refractivity contribution in [2.45, 2.75) is 24.7 Å². The Morgan fingerprint density at radius 2 is 1.62 bits per heavy atom. The Hall–Kier alpha value is -4.64. The van der Waals surface area contributed by atoms with Gasteiger partial charge in [-0.1, -0.05) is 67.2 Å². The fourth-order valence-corrected chi connectivity index (χ4v) is 3.71. The Morgan fingerprint density at radius 3 is 2.15 bits per heavy atom. The maximum atomic E-state index is 14.0. The zero-order valence-corrected chi connectivity index (χ0v) is 20.5. The molecule has 204 valence electrons. The van der Waals surface area contributed by atoms with E-state index in [0.29, 0.717) is 22.3 Å². The van der Waals surface area contributed by atoms with Crippen LogP contribution in [0.5, 0.6) is 0 Å². The second-order valence-electron chi connectivity index (χ2n) is 8.53. The maximum Gasteiger partial charge on any atom is 0.429 e. The molecule has 0 spiro atoms. The van der Waals surface area contributed by atoms with E-state index in [9.17, 15) is 22.4 Å². The van der Waals surface area contributed by atoms with Crippen LogP contribution < -0.4 is 17.2 Å². The van der Waals surface area contributed by atoms with Crippen molar-refractivity contribution in [3.8, 4) is 11.1 Å². The molecule has 0 aliphatic heterocycles. The summed E-state index contributed by atoms with van der Waals surface area (Å²) < 4.78 is 60.6. The van der Waals surface area contributed by atoms with Crippen LogP contribution in [0.2, 0.25) is 0 Å². The summed E-state index contributed by atoms with van der Waals surface area (Å²) in [5.41, 5.74) is 18.7. The molecule has 0 saturated heterocycles. The SMILES string of the molecule is C=C(/C=C(\N=C(N)N)c1ccc(C(N)CC(=O)O)cc1)OC(c1ccc(-c2cccc(F)c2)cc1)C(F)(F)F. The Kier molecular flexibility index (Phi) is 9.10. The molecule has 0 radical (unpaired) electrons. The van der Waals surface area contributed by atoms with Gasteiger partial charge in [0.2, 0.25) is 6.10 Å².